The number of benzene rings is 1. The van der Waals surface area contributed by atoms with Crippen molar-refractivity contribution in [3.63, 3.8) is 0 Å². The lowest BCUT2D eigenvalue weighted by atomic mass is 10.1. The number of aromatic amines is 1. The number of aromatic nitrogens is 3. The van der Waals surface area contributed by atoms with Crippen LogP contribution in [0.3, 0.4) is 0 Å². The molecule has 0 fully saturated rings. The Balaban J connectivity index is 1.78. The van der Waals surface area contributed by atoms with Gasteiger partial charge in [0.05, 0.1) is 6.04 Å². The van der Waals surface area contributed by atoms with E-state index in [1.807, 2.05) is 41.2 Å². The van der Waals surface area contributed by atoms with Crippen LogP contribution < -0.4 is 5.32 Å². The first-order chi connectivity index (χ1) is 10.7. The minimum Gasteiger partial charge on any atom is -0.357 e. The van der Waals surface area contributed by atoms with E-state index in [4.69, 9.17) is 11.6 Å². The SMILES string of the molecule is O=C(NCC(c1ccc(Cl)cc1)n1cccn1)c1ccc[nH]1. The molecule has 2 aromatic heterocycles. The third-order valence-corrected chi connectivity index (χ3v) is 3.65. The molecule has 0 spiro atoms. The number of H-pyrrole nitrogens is 1. The van der Waals surface area contributed by atoms with Crippen molar-refractivity contribution < 1.29 is 4.79 Å². The van der Waals surface area contributed by atoms with Gasteiger partial charge >= 0.3 is 0 Å². The maximum atomic E-state index is 12.1. The lowest BCUT2D eigenvalue weighted by Gasteiger charge is -2.19. The number of nitrogens with one attached hydrogen (secondary N) is 2. The number of hydrogen-bond acceptors (Lipinski definition) is 2. The van der Waals surface area contributed by atoms with E-state index in [1.165, 1.54) is 0 Å². The van der Waals surface area contributed by atoms with E-state index in [0.717, 1.165) is 5.56 Å². The summed E-state index contributed by atoms with van der Waals surface area (Å²) in [7, 11) is 0. The average Bonchev–Trinajstić information content (AvgIpc) is 3.22. The molecule has 2 heterocycles. The lowest BCUT2D eigenvalue weighted by Crippen LogP contribution is -2.31. The molecule has 0 radical (unpaired) electrons. The van der Waals surface area contributed by atoms with Crippen molar-refractivity contribution >= 4 is 17.5 Å². The molecule has 0 saturated carbocycles. The van der Waals surface area contributed by atoms with Crippen LogP contribution in [0.15, 0.2) is 61.1 Å². The highest BCUT2D eigenvalue weighted by Gasteiger charge is 2.16. The summed E-state index contributed by atoms with van der Waals surface area (Å²) in [5.74, 6) is -0.142. The van der Waals surface area contributed by atoms with Crippen molar-refractivity contribution in [2.24, 2.45) is 0 Å². The fourth-order valence-corrected chi connectivity index (χ4v) is 2.40. The fourth-order valence-electron chi connectivity index (χ4n) is 2.27. The first-order valence-corrected chi connectivity index (χ1v) is 7.28. The third kappa shape index (κ3) is 3.20. The summed E-state index contributed by atoms with van der Waals surface area (Å²) in [6.07, 6.45) is 5.31. The van der Waals surface area contributed by atoms with E-state index in [2.05, 4.69) is 15.4 Å². The molecule has 0 saturated heterocycles. The molecule has 1 atom stereocenters. The maximum absolute atomic E-state index is 12.1. The van der Waals surface area contributed by atoms with Gasteiger partial charge in [0, 0.05) is 30.2 Å². The van der Waals surface area contributed by atoms with Gasteiger partial charge < -0.3 is 10.3 Å². The molecule has 6 heteroatoms. The zero-order chi connectivity index (χ0) is 15.4. The van der Waals surface area contributed by atoms with Crippen LogP contribution in [0.1, 0.15) is 22.1 Å². The molecule has 1 amide bonds. The van der Waals surface area contributed by atoms with Crippen molar-refractivity contribution in [3.8, 4) is 0 Å². The number of nitrogens with zero attached hydrogens (tertiary/aromatic N) is 2. The normalized spacial score (nSPS) is 12.0. The van der Waals surface area contributed by atoms with Gasteiger partial charge in [-0.3, -0.25) is 9.48 Å². The minimum atomic E-state index is -0.142. The number of carbonyl (C=O) groups is 1. The van der Waals surface area contributed by atoms with E-state index in [0.29, 0.717) is 17.3 Å². The summed E-state index contributed by atoms with van der Waals surface area (Å²) < 4.78 is 1.82. The van der Waals surface area contributed by atoms with Crippen molar-refractivity contribution in [3.05, 3.63) is 77.3 Å². The Morgan fingerprint density at radius 3 is 2.73 bits per heavy atom. The van der Waals surface area contributed by atoms with Crippen molar-refractivity contribution in [2.75, 3.05) is 6.54 Å². The Labute approximate surface area is 132 Å². The molecule has 22 heavy (non-hydrogen) atoms. The molecule has 0 aliphatic carbocycles. The van der Waals surface area contributed by atoms with Gasteiger partial charge in [0.2, 0.25) is 0 Å². The van der Waals surface area contributed by atoms with Crippen LogP contribution in [0.25, 0.3) is 0 Å². The predicted molar refractivity (Wildman–Crippen MR) is 84.9 cm³/mol. The second-order valence-electron chi connectivity index (χ2n) is 4.85. The van der Waals surface area contributed by atoms with Crippen molar-refractivity contribution in [1.82, 2.24) is 20.1 Å². The first-order valence-electron chi connectivity index (χ1n) is 6.90. The summed E-state index contributed by atoms with van der Waals surface area (Å²) in [6, 6.07) is 12.8. The zero-order valence-electron chi connectivity index (χ0n) is 11.7. The Morgan fingerprint density at radius 2 is 2.09 bits per heavy atom. The number of carbonyl (C=O) groups excluding carboxylic acids is 1. The van der Waals surface area contributed by atoms with Gasteiger partial charge in [-0.05, 0) is 35.9 Å². The smallest absolute Gasteiger partial charge is 0.267 e. The van der Waals surface area contributed by atoms with Gasteiger partial charge in [0.25, 0.3) is 5.91 Å². The minimum absolute atomic E-state index is 0.0915. The number of rotatable bonds is 5. The van der Waals surface area contributed by atoms with Crippen molar-refractivity contribution in [2.45, 2.75) is 6.04 Å². The number of amides is 1. The Kier molecular flexibility index (Phi) is 4.25. The van der Waals surface area contributed by atoms with E-state index in [-0.39, 0.29) is 11.9 Å². The largest absolute Gasteiger partial charge is 0.357 e. The van der Waals surface area contributed by atoms with E-state index in [9.17, 15) is 4.79 Å². The van der Waals surface area contributed by atoms with Gasteiger partial charge in [-0.1, -0.05) is 23.7 Å². The molecule has 5 nitrogen and oxygen atoms in total. The second-order valence-corrected chi connectivity index (χ2v) is 5.28. The molecule has 3 aromatic rings. The topological polar surface area (TPSA) is 62.7 Å². The molecule has 112 valence electrons. The molecule has 2 N–H and O–H groups in total. The van der Waals surface area contributed by atoms with E-state index < -0.39 is 0 Å². The Bertz CT molecular complexity index is 720. The summed E-state index contributed by atoms with van der Waals surface area (Å²) in [5.41, 5.74) is 1.57. The molecule has 0 aliphatic heterocycles. The van der Waals surface area contributed by atoms with Gasteiger partial charge in [0.1, 0.15) is 5.69 Å². The highest BCUT2D eigenvalue weighted by atomic mass is 35.5. The molecule has 1 aromatic carbocycles. The maximum Gasteiger partial charge on any atom is 0.267 e. The summed E-state index contributed by atoms with van der Waals surface area (Å²) >= 11 is 5.94. The summed E-state index contributed by atoms with van der Waals surface area (Å²) in [6.45, 7) is 0.432. The molecule has 1 unspecified atom stereocenters. The lowest BCUT2D eigenvalue weighted by molar-refractivity contribution is 0.0945. The summed E-state index contributed by atoms with van der Waals surface area (Å²) in [5, 5.41) is 7.88. The van der Waals surface area contributed by atoms with E-state index in [1.54, 1.807) is 24.5 Å². The van der Waals surface area contributed by atoms with Crippen LogP contribution in [-0.2, 0) is 0 Å². The van der Waals surface area contributed by atoms with Crippen LogP contribution in [0.4, 0.5) is 0 Å². The van der Waals surface area contributed by atoms with Crippen LogP contribution in [0, 0.1) is 0 Å². The Hall–Kier alpha value is -2.53. The summed E-state index contributed by atoms with van der Waals surface area (Å²) in [4.78, 5) is 15.0. The first kappa shape index (κ1) is 14.4. The van der Waals surface area contributed by atoms with E-state index >= 15 is 0 Å². The highest BCUT2D eigenvalue weighted by Crippen LogP contribution is 2.19. The van der Waals surface area contributed by atoms with Crippen molar-refractivity contribution in [1.29, 1.82) is 0 Å². The average molecular weight is 315 g/mol. The van der Waals surface area contributed by atoms with Crippen LogP contribution in [0.2, 0.25) is 5.02 Å². The monoisotopic (exact) mass is 314 g/mol. The molecule has 3 rings (SSSR count). The zero-order valence-corrected chi connectivity index (χ0v) is 12.5. The van der Waals surface area contributed by atoms with Gasteiger partial charge in [-0.2, -0.15) is 5.10 Å². The van der Waals surface area contributed by atoms with Crippen LogP contribution in [-0.4, -0.2) is 27.2 Å². The molecular weight excluding hydrogens is 300 g/mol. The standard InChI is InChI=1S/C16H15ClN4O/c17-13-6-4-12(5-7-13)15(21-10-2-9-20-21)11-19-16(22)14-3-1-8-18-14/h1-10,15,18H,11H2,(H,19,22). The fraction of sp³-hybridized carbons (Fsp3) is 0.125. The quantitative estimate of drug-likeness (QED) is 0.760. The molecular formula is C16H15ClN4O. The number of halogens is 1. The van der Waals surface area contributed by atoms with Gasteiger partial charge in [-0.25, -0.2) is 0 Å². The predicted octanol–water partition coefficient (Wildman–Crippen LogP) is 2.88. The van der Waals surface area contributed by atoms with Crippen LogP contribution >= 0.6 is 11.6 Å². The number of hydrogen-bond donors (Lipinski definition) is 2. The van der Waals surface area contributed by atoms with Gasteiger partial charge in [-0.15, -0.1) is 0 Å². The third-order valence-electron chi connectivity index (χ3n) is 3.40. The highest BCUT2D eigenvalue weighted by molar-refractivity contribution is 6.30. The second kappa shape index (κ2) is 6.49. The molecule has 0 aliphatic rings. The van der Waals surface area contributed by atoms with Crippen LogP contribution in [0.5, 0.6) is 0 Å². The van der Waals surface area contributed by atoms with Gasteiger partial charge in [0.15, 0.2) is 0 Å². The Morgan fingerprint density at radius 1 is 1.27 bits per heavy atom. The molecule has 0 bridgehead atoms.